The third-order valence-corrected chi connectivity index (χ3v) is 5.44. The molecule has 3 rings (SSSR count). The predicted octanol–water partition coefficient (Wildman–Crippen LogP) is 1.42. The zero-order valence-corrected chi connectivity index (χ0v) is 14.0. The normalized spacial score (nSPS) is 15.5. The van der Waals surface area contributed by atoms with Gasteiger partial charge in [0.1, 0.15) is 6.07 Å². The van der Waals surface area contributed by atoms with Crippen molar-refractivity contribution in [2.45, 2.75) is 5.09 Å². The number of nitriles is 1. The van der Waals surface area contributed by atoms with E-state index in [1.54, 1.807) is 24.3 Å². The summed E-state index contributed by atoms with van der Waals surface area (Å²) in [6, 6.07) is 11.0. The van der Waals surface area contributed by atoms with Crippen LogP contribution >= 0.6 is 0 Å². The molecule has 0 atom stereocenters. The molecule has 0 aliphatic carbocycles. The van der Waals surface area contributed by atoms with Crippen molar-refractivity contribution in [1.82, 2.24) is 4.31 Å². The Morgan fingerprint density at radius 2 is 1.88 bits per heavy atom. The first-order chi connectivity index (χ1) is 12.0. The van der Waals surface area contributed by atoms with Crippen molar-refractivity contribution >= 4 is 21.6 Å². The molecule has 9 heteroatoms. The number of furan rings is 1. The fourth-order valence-electron chi connectivity index (χ4n) is 2.37. The Morgan fingerprint density at radius 3 is 2.60 bits per heavy atom. The van der Waals surface area contributed by atoms with Gasteiger partial charge in [-0.2, -0.15) is 9.57 Å². The van der Waals surface area contributed by atoms with Crippen LogP contribution in [0.5, 0.6) is 0 Å². The van der Waals surface area contributed by atoms with Gasteiger partial charge in [0.15, 0.2) is 5.76 Å². The Morgan fingerprint density at radius 1 is 1.16 bits per heavy atom. The summed E-state index contributed by atoms with van der Waals surface area (Å²) in [5.41, 5.74) is 0.618. The van der Waals surface area contributed by atoms with Crippen molar-refractivity contribution in [3.8, 4) is 6.07 Å². The van der Waals surface area contributed by atoms with Gasteiger partial charge in [0.05, 0.1) is 24.5 Å². The van der Waals surface area contributed by atoms with E-state index < -0.39 is 15.9 Å². The van der Waals surface area contributed by atoms with Crippen LogP contribution < -0.4 is 5.32 Å². The second-order valence-electron chi connectivity index (χ2n) is 5.25. The van der Waals surface area contributed by atoms with Crippen molar-refractivity contribution in [3.05, 3.63) is 47.7 Å². The van der Waals surface area contributed by atoms with Crippen LogP contribution in [0.15, 0.2) is 45.9 Å². The molecule has 1 aliphatic rings. The maximum absolute atomic E-state index is 12.5. The van der Waals surface area contributed by atoms with Crippen molar-refractivity contribution in [3.63, 3.8) is 0 Å². The maximum atomic E-state index is 12.5. The van der Waals surface area contributed by atoms with Crippen LogP contribution in [0, 0.1) is 11.3 Å². The predicted molar refractivity (Wildman–Crippen MR) is 87.4 cm³/mol. The number of nitrogens with one attached hydrogen (secondary N) is 1. The van der Waals surface area contributed by atoms with Gasteiger partial charge >= 0.3 is 0 Å². The summed E-state index contributed by atoms with van der Waals surface area (Å²) < 4.78 is 36.6. The number of rotatable bonds is 4. The Hall–Kier alpha value is -2.67. The van der Waals surface area contributed by atoms with Gasteiger partial charge in [-0.15, -0.1) is 0 Å². The smallest absolute Gasteiger partial charge is 0.291 e. The third-order valence-electron chi connectivity index (χ3n) is 3.67. The molecule has 1 fully saturated rings. The van der Waals surface area contributed by atoms with Gasteiger partial charge in [-0.1, -0.05) is 12.1 Å². The number of carbonyl (C=O) groups is 1. The van der Waals surface area contributed by atoms with Crippen LogP contribution in [0.2, 0.25) is 0 Å². The van der Waals surface area contributed by atoms with Crippen molar-refractivity contribution in [2.75, 3.05) is 31.6 Å². The molecule has 1 amide bonds. The van der Waals surface area contributed by atoms with E-state index in [2.05, 4.69) is 5.32 Å². The number of morpholine rings is 1. The minimum absolute atomic E-state index is 0.153. The van der Waals surface area contributed by atoms with Crippen LogP contribution in [0.1, 0.15) is 16.1 Å². The van der Waals surface area contributed by atoms with E-state index in [1.807, 2.05) is 6.07 Å². The van der Waals surface area contributed by atoms with E-state index in [0.717, 1.165) is 0 Å². The molecule has 25 heavy (non-hydrogen) atoms. The second-order valence-corrected chi connectivity index (χ2v) is 7.12. The lowest BCUT2D eigenvalue weighted by Gasteiger charge is -2.24. The summed E-state index contributed by atoms with van der Waals surface area (Å²) in [6.45, 7) is 1.11. The SMILES string of the molecule is N#Cc1ccccc1NC(=O)c1ccc(S(=O)(=O)N2CCOCC2)o1. The summed E-state index contributed by atoms with van der Waals surface area (Å²) in [7, 11) is -3.81. The first-order valence-electron chi connectivity index (χ1n) is 7.50. The molecular formula is C16H15N3O5S. The highest BCUT2D eigenvalue weighted by Crippen LogP contribution is 2.21. The number of sulfonamides is 1. The quantitative estimate of drug-likeness (QED) is 0.881. The van der Waals surface area contributed by atoms with Crippen LogP contribution in [-0.4, -0.2) is 44.9 Å². The standard InChI is InChI=1S/C16H15N3O5S/c17-11-12-3-1-2-4-13(12)18-16(20)14-5-6-15(24-14)25(21,22)19-7-9-23-10-8-19/h1-6H,7-10H2,(H,18,20). The highest BCUT2D eigenvalue weighted by atomic mass is 32.2. The van der Waals surface area contributed by atoms with Crippen LogP contribution in [0.3, 0.4) is 0 Å². The highest BCUT2D eigenvalue weighted by molar-refractivity contribution is 7.89. The molecule has 1 N–H and O–H groups in total. The number of hydrogen-bond acceptors (Lipinski definition) is 6. The Bertz CT molecular complexity index is 923. The summed E-state index contributed by atoms with van der Waals surface area (Å²) in [4.78, 5) is 12.3. The average molecular weight is 361 g/mol. The number of nitrogens with zero attached hydrogens (tertiary/aromatic N) is 2. The maximum Gasteiger partial charge on any atom is 0.291 e. The number of hydrogen-bond donors (Lipinski definition) is 1. The molecule has 1 aliphatic heterocycles. The molecule has 0 unspecified atom stereocenters. The Kier molecular flexibility index (Phi) is 4.85. The summed E-state index contributed by atoms with van der Waals surface area (Å²) >= 11 is 0. The first-order valence-corrected chi connectivity index (χ1v) is 8.94. The van der Waals surface area contributed by atoms with E-state index in [-0.39, 0.29) is 23.9 Å². The number of benzene rings is 1. The van der Waals surface area contributed by atoms with Gasteiger partial charge < -0.3 is 14.5 Å². The number of anilines is 1. The molecule has 0 radical (unpaired) electrons. The first kappa shape index (κ1) is 17.2. The molecule has 0 spiro atoms. The van der Waals surface area contributed by atoms with Gasteiger partial charge in [0.25, 0.3) is 15.9 Å². The summed E-state index contributed by atoms with van der Waals surface area (Å²) in [5.74, 6) is -0.786. The lowest BCUT2D eigenvalue weighted by molar-refractivity contribution is 0.0723. The third kappa shape index (κ3) is 3.56. The minimum Gasteiger partial charge on any atom is -0.438 e. The fourth-order valence-corrected chi connectivity index (χ4v) is 3.69. The zero-order chi connectivity index (χ0) is 17.9. The monoisotopic (exact) mass is 361 g/mol. The van der Waals surface area contributed by atoms with Gasteiger partial charge in [-0.3, -0.25) is 4.79 Å². The lowest BCUT2D eigenvalue weighted by atomic mass is 10.2. The van der Waals surface area contributed by atoms with E-state index in [1.165, 1.54) is 16.4 Å². The molecule has 8 nitrogen and oxygen atoms in total. The summed E-state index contributed by atoms with van der Waals surface area (Å²) in [6.07, 6.45) is 0. The van der Waals surface area contributed by atoms with Crippen LogP contribution in [-0.2, 0) is 14.8 Å². The van der Waals surface area contributed by atoms with E-state index in [4.69, 9.17) is 14.4 Å². The molecule has 2 heterocycles. The van der Waals surface area contributed by atoms with Crippen molar-refractivity contribution < 1.29 is 22.4 Å². The molecule has 2 aromatic rings. The Balaban J connectivity index is 1.79. The molecule has 0 saturated carbocycles. The fraction of sp³-hybridized carbons (Fsp3) is 0.250. The second kappa shape index (κ2) is 7.06. The van der Waals surface area contributed by atoms with Crippen LogP contribution in [0.25, 0.3) is 0 Å². The largest absolute Gasteiger partial charge is 0.438 e. The highest BCUT2D eigenvalue weighted by Gasteiger charge is 2.30. The van der Waals surface area contributed by atoms with Gasteiger partial charge in [0, 0.05) is 13.1 Å². The Labute approximate surface area is 144 Å². The van der Waals surface area contributed by atoms with Gasteiger partial charge in [-0.25, -0.2) is 8.42 Å². The molecular weight excluding hydrogens is 346 g/mol. The molecule has 1 saturated heterocycles. The number of ether oxygens (including phenoxy) is 1. The molecule has 1 aromatic heterocycles. The van der Waals surface area contributed by atoms with Gasteiger partial charge in [0.2, 0.25) is 5.09 Å². The topological polar surface area (TPSA) is 113 Å². The van der Waals surface area contributed by atoms with Gasteiger partial charge in [-0.05, 0) is 24.3 Å². The summed E-state index contributed by atoms with van der Waals surface area (Å²) in [5, 5.41) is 11.3. The number of para-hydroxylation sites is 1. The van der Waals surface area contributed by atoms with E-state index >= 15 is 0 Å². The molecule has 130 valence electrons. The van der Waals surface area contributed by atoms with Crippen molar-refractivity contribution in [1.29, 1.82) is 5.26 Å². The number of carbonyl (C=O) groups excluding carboxylic acids is 1. The van der Waals surface area contributed by atoms with Crippen molar-refractivity contribution in [2.24, 2.45) is 0 Å². The van der Waals surface area contributed by atoms with Crippen LogP contribution in [0.4, 0.5) is 5.69 Å². The van der Waals surface area contributed by atoms with E-state index in [9.17, 15) is 13.2 Å². The lowest BCUT2D eigenvalue weighted by Crippen LogP contribution is -2.40. The average Bonchev–Trinajstić information content (AvgIpc) is 3.14. The minimum atomic E-state index is -3.81. The zero-order valence-electron chi connectivity index (χ0n) is 13.1. The number of amides is 1. The molecule has 0 bridgehead atoms. The molecule has 1 aromatic carbocycles. The van der Waals surface area contributed by atoms with E-state index in [0.29, 0.717) is 24.5 Å².